The van der Waals surface area contributed by atoms with Crippen molar-refractivity contribution in [2.75, 3.05) is 5.32 Å². The van der Waals surface area contributed by atoms with E-state index in [1.165, 1.54) is 12.1 Å². The Hall–Kier alpha value is -2.02. The highest BCUT2D eigenvalue weighted by atomic mass is 19.1. The summed E-state index contributed by atoms with van der Waals surface area (Å²) in [6, 6.07) is 5.00. The number of rotatable bonds is 0. The van der Waals surface area contributed by atoms with E-state index in [4.69, 9.17) is 5.73 Å². The zero-order chi connectivity index (χ0) is 13.9. The van der Waals surface area contributed by atoms with Gasteiger partial charge in [0.1, 0.15) is 5.82 Å². The fraction of sp³-hybridized carbons (Fsp3) is 0.357. The number of anilines is 1. The van der Waals surface area contributed by atoms with E-state index in [1.54, 1.807) is 13.8 Å². The smallest absolute Gasteiger partial charge is 0.234 e. The molecule has 1 aliphatic heterocycles. The van der Waals surface area contributed by atoms with Crippen LogP contribution in [0.5, 0.6) is 0 Å². The molecular weight excluding hydrogens is 231 g/mol. The largest absolute Gasteiger partial charge is 0.359 e. The molecule has 0 aliphatic carbocycles. The molecule has 3 nitrogen and oxygen atoms in total. The number of halogens is 1. The monoisotopic (exact) mass is 248 g/mol. The second-order valence-electron chi connectivity index (χ2n) is 4.23. The molecule has 0 aromatic heterocycles. The minimum absolute atomic E-state index is 0.139. The van der Waals surface area contributed by atoms with E-state index in [1.807, 2.05) is 13.8 Å². The highest BCUT2D eigenvalue weighted by Gasteiger charge is 2.38. The molecule has 0 radical (unpaired) electrons. The highest BCUT2D eigenvalue weighted by molar-refractivity contribution is 6.05. The third-order valence-corrected chi connectivity index (χ3v) is 2.80. The minimum atomic E-state index is -0.704. The number of carbonyl (C=O) groups is 1. The maximum absolute atomic E-state index is 13.6. The van der Waals surface area contributed by atoms with E-state index in [-0.39, 0.29) is 11.5 Å². The van der Waals surface area contributed by atoms with Crippen LogP contribution < -0.4 is 11.1 Å². The van der Waals surface area contributed by atoms with E-state index in [0.717, 1.165) is 0 Å². The molecule has 0 atom stereocenters. The van der Waals surface area contributed by atoms with Crippen LogP contribution in [0.2, 0.25) is 0 Å². The number of amides is 1. The van der Waals surface area contributed by atoms with Crippen LogP contribution in [0.25, 0.3) is 0 Å². The van der Waals surface area contributed by atoms with Crippen molar-refractivity contribution >= 4 is 11.6 Å². The molecule has 1 aromatic carbocycles. The summed E-state index contributed by atoms with van der Waals surface area (Å²) in [6.45, 7) is 7.50. The summed E-state index contributed by atoms with van der Waals surface area (Å²) < 4.78 is 13.6. The summed E-state index contributed by atoms with van der Waals surface area (Å²) in [7, 11) is 0. The number of benzene rings is 1. The number of hydrogen-bond donors (Lipinski definition) is 2. The van der Waals surface area contributed by atoms with Gasteiger partial charge in [0.05, 0.1) is 11.0 Å². The first-order chi connectivity index (χ1) is 8.46. The van der Waals surface area contributed by atoms with Crippen LogP contribution in [0.4, 0.5) is 10.1 Å². The maximum Gasteiger partial charge on any atom is 0.234 e. The van der Waals surface area contributed by atoms with Crippen LogP contribution >= 0.6 is 0 Å². The lowest BCUT2D eigenvalue weighted by Gasteiger charge is -2.14. The standard InChI is InChI=1S/C12H11FN2O.C2H6/c1-12(2)8-6-9(13)7(3-4-14)5-10(8)15-11(12)16;1-2/h5-6H,14H2,1-2H3,(H,15,16);1-2H3. The van der Waals surface area contributed by atoms with Crippen molar-refractivity contribution in [2.24, 2.45) is 5.73 Å². The molecule has 2 rings (SSSR count). The van der Waals surface area contributed by atoms with Crippen molar-refractivity contribution in [3.63, 3.8) is 0 Å². The van der Waals surface area contributed by atoms with Gasteiger partial charge in [0, 0.05) is 11.7 Å². The highest BCUT2D eigenvalue weighted by Crippen LogP contribution is 2.38. The van der Waals surface area contributed by atoms with Crippen molar-refractivity contribution in [1.82, 2.24) is 0 Å². The molecule has 3 N–H and O–H groups in total. The molecule has 1 aliphatic rings. The third kappa shape index (κ3) is 2.17. The summed E-state index contributed by atoms with van der Waals surface area (Å²) in [4.78, 5) is 11.6. The predicted molar refractivity (Wildman–Crippen MR) is 70.5 cm³/mol. The Bertz CT molecular complexity index is 539. The zero-order valence-corrected chi connectivity index (χ0v) is 11.0. The quantitative estimate of drug-likeness (QED) is 0.547. The van der Waals surface area contributed by atoms with Gasteiger partial charge in [-0.2, -0.15) is 0 Å². The van der Waals surface area contributed by atoms with Gasteiger partial charge in [-0.3, -0.25) is 4.79 Å². The average Bonchev–Trinajstić information content (AvgIpc) is 2.55. The first-order valence-electron chi connectivity index (χ1n) is 5.84. The molecule has 0 bridgehead atoms. The summed E-state index contributed by atoms with van der Waals surface area (Å²) >= 11 is 0. The molecule has 0 fully saturated rings. The lowest BCUT2D eigenvalue weighted by Crippen LogP contribution is -2.26. The molecular formula is C14H17FN2O. The number of carbonyl (C=O) groups excluding carboxylic acids is 1. The Kier molecular flexibility index (Phi) is 3.97. The predicted octanol–water partition coefficient (Wildman–Crippen LogP) is 2.35. The average molecular weight is 248 g/mol. The van der Waals surface area contributed by atoms with Gasteiger partial charge in [-0.05, 0) is 37.5 Å². The fourth-order valence-electron chi connectivity index (χ4n) is 1.77. The van der Waals surface area contributed by atoms with Crippen molar-refractivity contribution in [1.29, 1.82) is 0 Å². The number of nitrogens with two attached hydrogens (primary N) is 1. The van der Waals surface area contributed by atoms with E-state index in [2.05, 4.69) is 17.3 Å². The first-order valence-corrected chi connectivity index (χ1v) is 5.84. The summed E-state index contributed by atoms with van der Waals surface area (Å²) in [5.74, 6) is 1.85. The second-order valence-corrected chi connectivity index (χ2v) is 4.23. The van der Waals surface area contributed by atoms with Gasteiger partial charge in [0.15, 0.2) is 0 Å². The Morgan fingerprint density at radius 2 is 1.94 bits per heavy atom. The van der Waals surface area contributed by atoms with Crippen molar-refractivity contribution in [2.45, 2.75) is 33.1 Å². The van der Waals surface area contributed by atoms with Crippen LogP contribution in [0.15, 0.2) is 12.1 Å². The van der Waals surface area contributed by atoms with Crippen LogP contribution in [0, 0.1) is 17.8 Å². The summed E-state index contributed by atoms with van der Waals surface area (Å²) in [6.07, 6.45) is 0. The fourth-order valence-corrected chi connectivity index (χ4v) is 1.77. The normalized spacial score (nSPS) is 14.6. The van der Waals surface area contributed by atoms with Gasteiger partial charge in [-0.15, -0.1) is 0 Å². The second kappa shape index (κ2) is 5.09. The van der Waals surface area contributed by atoms with Gasteiger partial charge >= 0.3 is 0 Å². The lowest BCUT2D eigenvalue weighted by molar-refractivity contribution is -0.119. The van der Waals surface area contributed by atoms with Crippen LogP contribution in [0.3, 0.4) is 0 Å². The minimum Gasteiger partial charge on any atom is -0.359 e. The molecule has 18 heavy (non-hydrogen) atoms. The Labute approximate surface area is 107 Å². The Morgan fingerprint density at radius 3 is 2.50 bits per heavy atom. The molecule has 1 aromatic rings. The first kappa shape index (κ1) is 14.0. The summed E-state index contributed by atoms with van der Waals surface area (Å²) in [5, 5.41) is 2.70. The van der Waals surface area contributed by atoms with E-state index in [0.29, 0.717) is 11.3 Å². The van der Waals surface area contributed by atoms with Gasteiger partial charge in [-0.1, -0.05) is 13.8 Å². The van der Waals surface area contributed by atoms with Crippen molar-refractivity contribution in [3.05, 3.63) is 29.1 Å². The van der Waals surface area contributed by atoms with Gasteiger partial charge in [0.25, 0.3) is 0 Å². The maximum atomic E-state index is 13.6. The van der Waals surface area contributed by atoms with E-state index in [9.17, 15) is 9.18 Å². The topological polar surface area (TPSA) is 55.1 Å². The number of fused-ring (bicyclic) bond motifs is 1. The number of nitrogens with one attached hydrogen (secondary N) is 1. The molecule has 0 spiro atoms. The zero-order valence-electron chi connectivity index (χ0n) is 11.0. The third-order valence-electron chi connectivity index (χ3n) is 2.80. The Morgan fingerprint density at radius 1 is 1.33 bits per heavy atom. The van der Waals surface area contributed by atoms with Crippen molar-refractivity contribution < 1.29 is 9.18 Å². The molecule has 96 valence electrons. The molecule has 1 amide bonds. The molecule has 0 saturated carbocycles. The molecule has 0 unspecified atom stereocenters. The van der Waals surface area contributed by atoms with E-state index < -0.39 is 11.2 Å². The van der Waals surface area contributed by atoms with Crippen molar-refractivity contribution in [3.8, 4) is 12.0 Å². The van der Waals surface area contributed by atoms with Crippen LogP contribution in [0.1, 0.15) is 38.8 Å². The van der Waals surface area contributed by atoms with Crippen LogP contribution in [-0.4, -0.2) is 5.91 Å². The summed E-state index contributed by atoms with van der Waals surface area (Å²) in [5.41, 5.74) is 5.79. The molecule has 0 saturated heterocycles. The molecule has 1 heterocycles. The van der Waals surface area contributed by atoms with E-state index >= 15 is 0 Å². The van der Waals surface area contributed by atoms with Gasteiger partial charge in [-0.25, -0.2) is 4.39 Å². The van der Waals surface area contributed by atoms with Crippen LogP contribution in [-0.2, 0) is 10.2 Å². The van der Waals surface area contributed by atoms with Gasteiger partial charge in [0.2, 0.25) is 5.91 Å². The Balaban J connectivity index is 0.000000771. The van der Waals surface area contributed by atoms with Gasteiger partial charge < -0.3 is 11.1 Å². The SMILES string of the molecule is CC.CC1(C)C(=O)Nc2cc(C#CN)c(F)cc21. The molecule has 4 heteroatoms. The number of hydrogen-bond acceptors (Lipinski definition) is 2. The lowest BCUT2D eigenvalue weighted by atomic mass is 9.86.